The molecule has 2 aromatic rings. The van der Waals surface area contributed by atoms with Crippen LogP contribution in [0.2, 0.25) is 0 Å². The Hall–Kier alpha value is -2.29. The van der Waals surface area contributed by atoms with Crippen molar-refractivity contribution in [3.8, 4) is 6.07 Å². The zero-order valence-corrected chi connectivity index (χ0v) is 17.8. The summed E-state index contributed by atoms with van der Waals surface area (Å²) >= 11 is 1.38. The van der Waals surface area contributed by atoms with Crippen molar-refractivity contribution in [2.45, 2.75) is 25.7 Å². The molecule has 2 amide bonds. The molecule has 0 atom stereocenters. The highest BCUT2D eigenvalue weighted by Gasteiger charge is 2.32. The van der Waals surface area contributed by atoms with E-state index in [1.807, 2.05) is 18.2 Å². The van der Waals surface area contributed by atoms with Gasteiger partial charge < -0.3 is 10.2 Å². The number of amides is 2. The van der Waals surface area contributed by atoms with Crippen LogP contribution in [0.15, 0.2) is 18.2 Å². The van der Waals surface area contributed by atoms with Gasteiger partial charge in [-0.25, -0.2) is 9.78 Å². The van der Waals surface area contributed by atoms with Crippen molar-refractivity contribution in [3.05, 3.63) is 23.2 Å². The number of benzene rings is 1. The maximum Gasteiger partial charge on any atom is 0.334 e. The van der Waals surface area contributed by atoms with Crippen LogP contribution < -0.4 is 5.32 Å². The molecule has 152 valence electrons. The minimum atomic E-state index is -0.568. The molecule has 1 aliphatic rings. The summed E-state index contributed by atoms with van der Waals surface area (Å²) in [5.74, 6) is -0.0229. The number of hydrogen-bond donors (Lipinski definition) is 1. The largest absolute Gasteiger partial charge is 0.385 e. The Morgan fingerprint density at radius 2 is 2.03 bits per heavy atom. The smallest absolute Gasteiger partial charge is 0.334 e. The predicted molar refractivity (Wildman–Crippen MR) is 114 cm³/mol. The molecule has 8 nitrogen and oxygen atoms in total. The molecule has 1 saturated heterocycles. The van der Waals surface area contributed by atoms with Gasteiger partial charge in [0.25, 0.3) is 11.8 Å². The number of carbonyl (C=O) groups excluding carboxylic acids is 3. The molecule has 1 N–H and O–H groups in total. The molecule has 0 aliphatic carbocycles. The van der Waals surface area contributed by atoms with Crippen LogP contribution in [0.1, 0.15) is 30.7 Å². The van der Waals surface area contributed by atoms with Gasteiger partial charge in [-0.3, -0.25) is 9.59 Å². The van der Waals surface area contributed by atoms with Crippen LogP contribution in [-0.4, -0.2) is 45.9 Å². The molecular formula is C18H18N4O4S3. The number of hydrogen-bond acceptors (Lipinski definition) is 10. The summed E-state index contributed by atoms with van der Waals surface area (Å²) in [4.78, 5) is 43.5. The van der Waals surface area contributed by atoms with E-state index in [0.29, 0.717) is 15.8 Å². The van der Waals surface area contributed by atoms with E-state index in [9.17, 15) is 14.4 Å². The van der Waals surface area contributed by atoms with Gasteiger partial charge in [0, 0.05) is 36.6 Å². The molecule has 0 spiro atoms. The number of fused-ring (bicyclic) bond motifs is 1. The van der Waals surface area contributed by atoms with Crippen LogP contribution in [0.3, 0.4) is 0 Å². The Bertz CT molecular complexity index is 940. The first-order valence-electron chi connectivity index (χ1n) is 8.92. The van der Waals surface area contributed by atoms with Crippen molar-refractivity contribution in [1.82, 2.24) is 10.0 Å². The van der Waals surface area contributed by atoms with Crippen molar-refractivity contribution in [2.75, 3.05) is 23.4 Å². The summed E-state index contributed by atoms with van der Waals surface area (Å²) in [6.07, 6.45) is 1.29. The third kappa shape index (κ3) is 6.09. The Labute approximate surface area is 179 Å². The molecule has 1 aromatic carbocycles. The van der Waals surface area contributed by atoms with E-state index in [1.165, 1.54) is 11.3 Å². The lowest BCUT2D eigenvalue weighted by molar-refractivity contribution is -0.197. The molecular weight excluding hydrogens is 432 g/mol. The number of hydroxylamine groups is 2. The molecule has 1 fully saturated rings. The fraction of sp³-hybridized carbons (Fsp3) is 0.389. The molecule has 2 heterocycles. The summed E-state index contributed by atoms with van der Waals surface area (Å²) in [7, 11) is 3.22. The molecule has 0 bridgehead atoms. The summed E-state index contributed by atoms with van der Waals surface area (Å²) in [5, 5.41) is 13.3. The normalized spacial score (nSPS) is 13.7. The number of thiazole rings is 1. The van der Waals surface area contributed by atoms with Gasteiger partial charge in [-0.1, -0.05) is 21.6 Å². The van der Waals surface area contributed by atoms with Gasteiger partial charge in [0.05, 0.1) is 16.6 Å². The van der Waals surface area contributed by atoms with Crippen LogP contribution in [0.5, 0.6) is 0 Å². The van der Waals surface area contributed by atoms with Crippen LogP contribution in [0, 0.1) is 11.3 Å². The molecule has 3 rings (SSSR count). The highest BCUT2D eigenvalue weighted by Crippen LogP contribution is 2.26. The zero-order chi connectivity index (χ0) is 20.6. The second-order valence-corrected chi connectivity index (χ2v) is 9.77. The first-order chi connectivity index (χ1) is 14.1. The van der Waals surface area contributed by atoms with E-state index < -0.39 is 17.8 Å². The van der Waals surface area contributed by atoms with Crippen molar-refractivity contribution in [2.24, 2.45) is 0 Å². The summed E-state index contributed by atoms with van der Waals surface area (Å²) in [6.45, 7) is 0.810. The van der Waals surface area contributed by atoms with E-state index >= 15 is 0 Å². The Balaban J connectivity index is 1.25. The zero-order valence-electron chi connectivity index (χ0n) is 15.4. The minimum Gasteiger partial charge on any atom is -0.385 e. The van der Waals surface area contributed by atoms with Gasteiger partial charge in [0.1, 0.15) is 6.07 Å². The Morgan fingerprint density at radius 1 is 1.28 bits per heavy atom. The molecule has 0 radical (unpaired) electrons. The summed E-state index contributed by atoms with van der Waals surface area (Å²) in [6, 6.07) is 7.91. The number of nitriles is 1. The Kier molecular flexibility index (Phi) is 7.74. The second kappa shape index (κ2) is 10.5. The third-order valence-corrected chi connectivity index (χ3v) is 7.31. The summed E-state index contributed by atoms with van der Waals surface area (Å²) < 4.78 is 0.987. The van der Waals surface area contributed by atoms with Gasteiger partial charge in [-0.2, -0.15) is 5.26 Å². The van der Waals surface area contributed by atoms with E-state index in [4.69, 9.17) is 10.1 Å². The first-order valence-corrected chi connectivity index (χ1v) is 12.2. The van der Waals surface area contributed by atoms with E-state index in [2.05, 4.69) is 16.4 Å². The molecule has 29 heavy (non-hydrogen) atoms. The average molecular weight is 451 g/mol. The monoisotopic (exact) mass is 450 g/mol. The Morgan fingerprint density at radius 3 is 2.79 bits per heavy atom. The number of nitrogens with one attached hydrogen (secondary N) is 1. The topological polar surface area (TPSA) is 112 Å². The highest BCUT2D eigenvalue weighted by molar-refractivity contribution is 8.76. The minimum absolute atomic E-state index is 0.101. The van der Waals surface area contributed by atoms with Gasteiger partial charge >= 0.3 is 5.97 Å². The number of aromatic nitrogens is 1. The van der Waals surface area contributed by atoms with Crippen LogP contribution in [0.4, 0.5) is 5.69 Å². The number of nitrogens with zero attached hydrogens (tertiary/aromatic N) is 3. The summed E-state index contributed by atoms with van der Waals surface area (Å²) in [5.41, 5.74) is 1.83. The molecule has 11 heteroatoms. The van der Waals surface area contributed by atoms with Gasteiger partial charge in [-0.05, 0) is 24.6 Å². The van der Waals surface area contributed by atoms with Gasteiger partial charge in [0.15, 0.2) is 5.01 Å². The lowest BCUT2D eigenvalue weighted by Crippen LogP contribution is -2.32. The molecule has 1 aliphatic heterocycles. The lowest BCUT2D eigenvalue weighted by Gasteiger charge is -2.12. The van der Waals surface area contributed by atoms with E-state index in [1.54, 1.807) is 21.6 Å². The van der Waals surface area contributed by atoms with Crippen molar-refractivity contribution in [3.63, 3.8) is 0 Å². The molecule has 0 saturated carbocycles. The lowest BCUT2D eigenvalue weighted by atomic mass is 10.3. The predicted octanol–water partition coefficient (Wildman–Crippen LogP) is 3.35. The van der Waals surface area contributed by atoms with Crippen LogP contribution in [-0.2, 0) is 19.2 Å². The number of carbonyl (C=O) groups is 3. The first kappa shape index (κ1) is 21.4. The third-order valence-electron chi connectivity index (χ3n) is 3.89. The average Bonchev–Trinajstić information content (AvgIpc) is 3.27. The van der Waals surface area contributed by atoms with Crippen molar-refractivity contribution >= 4 is 66.6 Å². The van der Waals surface area contributed by atoms with Crippen molar-refractivity contribution in [1.29, 1.82) is 5.26 Å². The standard InChI is InChI=1S/C18H18N4O4S3/c19-11-15-21-13-3-2-12(10-14(13)29-15)20-7-1-8-27-28-9-6-18(25)26-22-16(23)4-5-17(22)24/h2-3,10,20H,1,4-9H2. The maximum absolute atomic E-state index is 11.7. The number of anilines is 1. The quantitative estimate of drug-likeness (QED) is 0.331. The second-order valence-electron chi connectivity index (χ2n) is 6.03. The van der Waals surface area contributed by atoms with Gasteiger partial charge in [-0.15, -0.1) is 16.4 Å². The van der Waals surface area contributed by atoms with Crippen LogP contribution in [0.25, 0.3) is 10.2 Å². The SMILES string of the molecule is N#Cc1nc2ccc(NCCCSSCCC(=O)ON3C(=O)CCC3=O)cc2s1. The van der Waals surface area contributed by atoms with E-state index in [-0.39, 0.29) is 19.3 Å². The number of rotatable bonds is 10. The highest BCUT2D eigenvalue weighted by atomic mass is 33.1. The molecule has 1 aromatic heterocycles. The van der Waals surface area contributed by atoms with Crippen LogP contribution >= 0.6 is 32.9 Å². The maximum atomic E-state index is 11.7. The van der Waals surface area contributed by atoms with E-state index in [0.717, 1.165) is 34.6 Å². The number of imide groups is 1. The fourth-order valence-corrected chi connectivity index (χ4v) is 5.36. The van der Waals surface area contributed by atoms with Crippen molar-refractivity contribution < 1.29 is 19.2 Å². The molecule has 0 unspecified atom stereocenters. The fourth-order valence-electron chi connectivity index (χ4n) is 2.49. The van der Waals surface area contributed by atoms with Gasteiger partial charge in [0.2, 0.25) is 0 Å².